The van der Waals surface area contributed by atoms with Crippen molar-refractivity contribution < 1.29 is 14.0 Å². The van der Waals surface area contributed by atoms with Crippen LogP contribution in [-0.4, -0.2) is 19.2 Å². The molecule has 0 spiro atoms. The summed E-state index contributed by atoms with van der Waals surface area (Å²) in [5.74, 6) is 1.43. The van der Waals surface area contributed by atoms with Gasteiger partial charge >= 0.3 is 0 Å². The van der Waals surface area contributed by atoms with Crippen LogP contribution in [0.15, 0.2) is 84.9 Å². The molecule has 0 amide bonds. The molecule has 0 radical (unpaired) electrons. The topological polar surface area (TPSA) is 48.4 Å². The van der Waals surface area contributed by atoms with Crippen molar-refractivity contribution in [1.29, 1.82) is 0 Å². The van der Waals surface area contributed by atoms with Gasteiger partial charge in [0.15, 0.2) is 7.14 Å². The minimum Gasteiger partial charge on any atom is -0.497 e. The van der Waals surface area contributed by atoms with Crippen LogP contribution < -0.4 is 25.5 Å². The Hall–Kier alpha value is -3.62. The molecular weight excluding hydrogens is 441 g/mol. The molecule has 170 valence electrons. The monoisotopic (exact) mass is 467 g/mol. The minimum absolute atomic E-state index is 0.595. The maximum atomic E-state index is 15.3. The van der Waals surface area contributed by atoms with Crippen molar-refractivity contribution in [2.24, 2.45) is 0 Å². The molecule has 0 bridgehead atoms. The Morgan fingerprint density at radius 2 is 1.12 bits per heavy atom. The second-order valence-corrected chi connectivity index (χ2v) is 11.2. The van der Waals surface area contributed by atoms with Crippen LogP contribution in [0.3, 0.4) is 0 Å². The van der Waals surface area contributed by atoms with Crippen molar-refractivity contribution in [1.82, 2.24) is 4.98 Å². The molecule has 4 aromatic carbocycles. The number of aromatic nitrogens is 1. The minimum atomic E-state index is -3.34. The lowest BCUT2D eigenvalue weighted by Crippen LogP contribution is -2.28. The average molecular weight is 468 g/mol. The lowest BCUT2D eigenvalue weighted by atomic mass is 10.0. The van der Waals surface area contributed by atoms with Gasteiger partial charge in [-0.25, -0.2) is 4.98 Å². The average Bonchev–Trinajstić information content (AvgIpc) is 2.87. The Bertz CT molecular complexity index is 1510. The van der Waals surface area contributed by atoms with Gasteiger partial charge in [0.25, 0.3) is 0 Å². The zero-order valence-electron chi connectivity index (χ0n) is 19.7. The standard InChI is InChI=1S/C29H26NO3P/c1-19-5-15-25-26-17-20(2)6-16-28(26)30-29(27(25)18-19)34(31,23-11-7-21(32-3)8-12-23)24-13-9-22(33-4)10-14-24/h5-18H,1-4H3. The molecular formula is C29H26NO3P. The Morgan fingerprint density at radius 3 is 1.65 bits per heavy atom. The summed E-state index contributed by atoms with van der Waals surface area (Å²) in [4.78, 5) is 5.07. The van der Waals surface area contributed by atoms with Crippen molar-refractivity contribution in [3.05, 3.63) is 96.1 Å². The molecule has 0 saturated heterocycles. The van der Waals surface area contributed by atoms with Gasteiger partial charge in [-0.15, -0.1) is 0 Å². The third kappa shape index (κ3) is 3.65. The lowest BCUT2D eigenvalue weighted by molar-refractivity contribution is 0.415. The highest BCUT2D eigenvalue weighted by atomic mass is 31.2. The number of benzene rings is 4. The van der Waals surface area contributed by atoms with Gasteiger partial charge < -0.3 is 14.0 Å². The molecule has 5 aromatic rings. The van der Waals surface area contributed by atoms with E-state index in [0.717, 1.165) is 32.8 Å². The number of pyridine rings is 1. The van der Waals surface area contributed by atoms with E-state index in [2.05, 4.69) is 38.1 Å². The van der Waals surface area contributed by atoms with Gasteiger partial charge in [0.1, 0.15) is 16.9 Å². The molecule has 0 fully saturated rings. The molecule has 0 saturated carbocycles. The molecule has 0 N–H and O–H groups in total. The van der Waals surface area contributed by atoms with Gasteiger partial charge in [0.2, 0.25) is 0 Å². The summed E-state index contributed by atoms with van der Waals surface area (Å²) in [6.45, 7) is 4.13. The largest absolute Gasteiger partial charge is 0.497 e. The van der Waals surface area contributed by atoms with E-state index >= 15 is 4.57 Å². The smallest absolute Gasteiger partial charge is 0.189 e. The molecule has 0 unspecified atom stereocenters. The number of methoxy groups -OCH3 is 2. The predicted octanol–water partition coefficient (Wildman–Crippen LogP) is 5.66. The summed E-state index contributed by atoms with van der Waals surface area (Å²) in [7, 11) is -0.0885. The first-order valence-corrected chi connectivity index (χ1v) is 12.9. The number of rotatable bonds is 5. The van der Waals surface area contributed by atoms with Crippen molar-refractivity contribution in [2.45, 2.75) is 13.8 Å². The van der Waals surface area contributed by atoms with Crippen molar-refractivity contribution in [3.8, 4) is 11.5 Å². The number of aryl methyl sites for hydroxylation is 2. The van der Waals surface area contributed by atoms with E-state index in [1.54, 1.807) is 14.2 Å². The molecule has 0 aliphatic rings. The molecule has 0 aliphatic heterocycles. The first-order chi connectivity index (χ1) is 16.4. The number of fused-ring (bicyclic) bond motifs is 3. The summed E-state index contributed by atoms with van der Waals surface area (Å²) in [6.07, 6.45) is 0. The van der Waals surface area contributed by atoms with Crippen LogP contribution in [-0.2, 0) is 4.57 Å². The Balaban J connectivity index is 1.90. The van der Waals surface area contributed by atoms with E-state index in [9.17, 15) is 0 Å². The third-order valence-corrected chi connectivity index (χ3v) is 9.24. The molecule has 5 heteroatoms. The van der Waals surface area contributed by atoms with Crippen LogP contribution in [0.4, 0.5) is 0 Å². The van der Waals surface area contributed by atoms with Gasteiger partial charge in [0, 0.05) is 21.4 Å². The fraction of sp³-hybridized carbons (Fsp3) is 0.138. The first-order valence-electron chi connectivity index (χ1n) is 11.1. The highest BCUT2D eigenvalue weighted by Gasteiger charge is 2.34. The number of nitrogens with zero attached hydrogens (tertiary/aromatic N) is 1. The quantitative estimate of drug-likeness (QED) is 0.247. The summed E-state index contributed by atoms with van der Waals surface area (Å²) >= 11 is 0. The second kappa shape index (κ2) is 8.62. The highest BCUT2D eigenvalue weighted by molar-refractivity contribution is 7.85. The van der Waals surface area contributed by atoms with E-state index in [0.29, 0.717) is 27.5 Å². The number of ether oxygens (including phenoxy) is 2. The molecule has 0 atom stereocenters. The van der Waals surface area contributed by atoms with Crippen molar-refractivity contribution in [2.75, 3.05) is 14.2 Å². The van der Waals surface area contributed by atoms with Crippen molar-refractivity contribution in [3.63, 3.8) is 0 Å². The summed E-state index contributed by atoms with van der Waals surface area (Å²) in [6, 6.07) is 27.4. The summed E-state index contributed by atoms with van der Waals surface area (Å²) in [5, 5.41) is 4.44. The second-order valence-electron chi connectivity index (χ2n) is 8.51. The maximum absolute atomic E-state index is 15.3. The molecule has 1 heterocycles. The van der Waals surface area contributed by atoms with Crippen LogP contribution in [0.25, 0.3) is 21.7 Å². The fourth-order valence-corrected chi connectivity index (χ4v) is 7.13. The number of hydrogen-bond acceptors (Lipinski definition) is 4. The van der Waals surface area contributed by atoms with E-state index in [1.807, 2.05) is 60.7 Å². The molecule has 1 aromatic heterocycles. The summed E-state index contributed by atoms with van der Waals surface area (Å²) in [5.41, 5.74) is 3.69. The normalized spacial score (nSPS) is 11.6. The summed E-state index contributed by atoms with van der Waals surface area (Å²) < 4.78 is 26.0. The maximum Gasteiger partial charge on any atom is 0.189 e. The zero-order valence-corrected chi connectivity index (χ0v) is 20.6. The van der Waals surface area contributed by atoms with Crippen LogP contribution in [0, 0.1) is 13.8 Å². The van der Waals surface area contributed by atoms with Crippen LogP contribution in [0.1, 0.15) is 11.1 Å². The fourth-order valence-electron chi connectivity index (χ4n) is 4.43. The SMILES string of the molecule is COc1ccc(P(=O)(c2ccc(OC)cc2)c2nc3ccc(C)cc3c3ccc(C)cc23)cc1. The van der Waals surface area contributed by atoms with Gasteiger partial charge in [-0.1, -0.05) is 29.3 Å². The van der Waals surface area contributed by atoms with Gasteiger partial charge in [0.05, 0.1) is 19.7 Å². The van der Waals surface area contributed by atoms with E-state index in [1.165, 1.54) is 0 Å². The molecule has 0 aliphatic carbocycles. The van der Waals surface area contributed by atoms with Gasteiger partial charge in [-0.05, 0) is 86.0 Å². The Labute approximate surface area is 199 Å². The highest BCUT2D eigenvalue weighted by Crippen LogP contribution is 2.45. The Kier molecular flexibility index (Phi) is 5.63. The van der Waals surface area contributed by atoms with Gasteiger partial charge in [-0.2, -0.15) is 0 Å². The molecule has 34 heavy (non-hydrogen) atoms. The van der Waals surface area contributed by atoms with E-state index in [4.69, 9.17) is 14.5 Å². The first kappa shape index (κ1) is 22.2. The predicted molar refractivity (Wildman–Crippen MR) is 141 cm³/mol. The van der Waals surface area contributed by atoms with Crippen molar-refractivity contribution >= 4 is 44.9 Å². The van der Waals surface area contributed by atoms with E-state index in [-0.39, 0.29) is 0 Å². The van der Waals surface area contributed by atoms with Crippen LogP contribution >= 0.6 is 7.14 Å². The lowest BCUT2D eigenvalue weighted by Gasteiger charge is -2.22. The molecule has 4 nitrogen and oxygen atoms in total. The third-order valence-electron chi connectivity index (χ3n) is 6.25. The van der Waals surface area contributed by atoms with E-state index < -0.39 is 7.14 Å². The Morgan fingerprint density at radius 1 is 0.618 bits per heavy atom. The van der Waals surface area contributed by atoms with Gasteiger partial charge in [-0.3, -0.25) is 0 Å². The number of hydrogen-bond donors (Lipinski definition) is 0. The zero-order chi connectivity index (χ0) is 23.9. The van der Waals surface area contributed by atoms with Crippen LogP contribution in [0.5, 0.6) is 11.5 Å². The molecule has 5 rings (SSSR count). The van der Waals surface area contributed by atoms with Crippen LogP contribution in [0.2, 0.25) is 0 Å².